The highest BCUT2D eigenvalue weighted by Gasteiger charge is 2.41. The third-order valence-corrected chi connectivity index (χ3v) is 5.51. The fourth-order valence-corrected chi connectivity index (χ4v) is 3.88. The SMILES string of the molecule is COCCCNC(=O)[C@H]1CN(C(=O)c2ccccc2F)C[C@H]1c1cccc(C(F)(F)F)c1. The summed E-state index contributed by atoms with van der Waals surface area (Å²) in [4.78, 5) is 27.1. The number of halogens is 4. The van der Waals surface area contributed by atoms with Crippen LogP contribution in [0.15, 0.2) is 48.5 Å². The summed E-state index contributed by atoms with van der Waals surface area (Å²) < 4.78 is 58.7. The second-order valence-electron chi connectivity index (χ2n) is 7.66. The van der Waals surface area contributed by atoms with E-state index in [0.717, 1.165) is 18.2 Å². The van der Waals surface area contributed by atoms with Crippen molar-refractivity contribution in [3.05, 3.63) is 71.0 Å². The van der Waals surface area contributed by atoms with E-state index in [4.69, 9.17) is 4.74 Å². The highest BCUT2D eigenvalue weighted by Crippen LogP contribution is 2.37. The summed E-state index contributed by atoms with van der Waals surface area (Å²) in [5.74, 6) is -3.09. The number of carbonyl (C=O) groups is 2. The standard InChI is InChI=1S/C23H24F4N2O3/c1-32-11-5-10-28-21(30)19-14-29(22(31)17-8-2-3-9-20(17)24)13-18(19)15-6-4-7-16(12-15)23(25,26)27/h2-4,6-9,12,18-19H,5,10-11,13-14H2,1H3,(H,28,30)/t18-,19-/m0/s1. The molecule has 32 heavy (non-hydrogen) atoms. The molecular weight excluding hydrogens is 428 g/mol. The zero-order chi connectivity index (χ0) is 23.3. The van der Waals surface area contributed by atoms with Crippen molar-refractivity contribution in [3.8, 4) is 0 Å². The van der Waals surface area contributed by atoms with Gasteiger partial charge in [-0.25, -0.2) is 4.39 Å². The minimum Gasteiger partial charge on any atom is -0.385 e. The summed E-state index contributed by atoms with van der Waals surface area (Å²) in [6.07, 6.45) is -3.96. The number of nitrogens with one attached hydrogen (secondary N) is 1. The molecular formula is C23H24F4N2O3. The van der Waals surface area contributed by atoms with Gasteiger partial charge in [-0.05, 0) is 30.2 Å². The Morgan fingerprint density at radius 3 is 2.56 bits per heavy atom. The maximum atomic E-state index is 14.1. The zero-order valence-corrected chi connectivity index (χ0v) is 17.5. The average Bonchev–Trinajstić information content (AvgIpc) is 3.22. The fraction of sp³-hybridized carbons (Fsp3) is 0.391. The maximum Gasteiger partial charge on any atom is 0.416 e. The Balaban J connectivity index is 1.87. The van der Waals surface area contributed by atoms with Crippen LogP contribution < -0.4 is 5.32 Å². The molecule has 1 aliphatic rings. The van der Waals surface area contributed by atoms with Gasteiger partial charge in [-0.1, -0.05) is 30.3 Å². The predicted octanol–water partition coefficient (Wildman–Crippen LogP) is 3.85. The highest BCUT2D eigenvalue weighted by atomic mass is 19.4. The monoisotopic (exact) mass is 452 g/mol. The summed E-state index contributed by atoms with van der Waals surface area (Å²) in [7, 11) is 1.54. The van der Waals surface area contributed by atoms with Crippen LogP contribution in [0.4, 0.5) is 17.6 Å². The maximum absolute atomic E-state index is 14.1. The van der Waals surface area contributed by atoms with Crippen molar-refractivity contribution in [2.24, 2.45) is 5.92 Å². The van der Waals surface area contributed by atoms with Gasteiger partial charge in [0, 0.05) is 39.3 Å². The Bertz CT molecular complexity index is 964. The lowest BCUT2D eigenvalue weighted by atomic mass is 9.87. The quantitative estimate of drug-likeness (QED) is 0.513. The van der Waals surface area contributed by atoms with Crippen molar-refractivity contribution in [2.75, 3.05) is 33.4 Å². The number of ether oxygens (including phenoxy) is 1. The predicted molar refractivity (Wildman–Crippen MR) is 109 cm³/mol. The lowest BCUT2D eigenvalue weighted by molar-refractivity contribution is -0.137. The van der Waals surface area contributed by atoms with Crippen LogP contribution in [0.1, 0.15) is 33.8 Å². The summed E-state index contributed by atoms with van der Waals surface area (Å²) in [5, 5.41) is 2.76. The second kappa shape index (κ2) is 10.1. The molecule has 1 N–H and O–H groups in total. The molecule has 2 aromatic rings. The van der Waals surface area contributed by atoms with Crippen LogP contribution >= 0.6 is 0 Å². The first kappa shape index (κ1) is 23.7. The van der Waals surface area contributed by atoms with Crippen LogP contribution in [-0.4, -0.2) is 50.1 Å². The van der Waals surface area contributed by atoms with E-state index in [1.165, 1.54) is 42.3 Å². The largest absolute Gasteiger partial charge is 0.416 e. The van der Waals surface area contributed by atoms with E-state index in [1.807, 2.05) is 0 Å². The molecule has 3 rings (SSSR count). The van der Waals surface area contributed by atoms with Crippen molar-refractivity contribution in [1.29, 1.82) is 0 Å². The molecule has 2 aromatic carbocycles. The number of alkyl halides is 3. The van der Waals surface area contributed by atoms with E-state index < -0.39 is 35.3 Å². The Hall–Kier alpha value is -2.94. The molecule has 0 spiro atoms. The van der Waals surface area contributed by atoms with E-state index in [-0.39, 0.29) is 24.6 Å². The van der Waals surface area contributed by atoms with E-state index in [0.29, 0.717) is 25.1 Å². The number of carbonyl (C=O) groups excluding carboxylic acids is 2. The van der Waals surface area contributed by atoms with E-state index >= 15 is 0 Å². The minimum absolute atomic E-state index is 0.00460. The van der Waals surface area contributed by atoms with Gasteiger partial charge in [0.15, 0.2) is 0 Å². The molecule has 9 heteroatoms. The van der Waals surface area contributed by atoms with Gasteiger partial charge in [-0.3, -0.25) is 9.59 Å². The first-order valence-corrected chi connectivity index (χ1v) is 10.2. The van der Waals surface area contributed by atoms with Crippen LogP contribution in [0.25, 0.3) is 0 Å². The molecule has 172 valence electrons. The first-order chi connectivity index (χ1) is 15.2. The van der Waals surface area contributed by atoms with Crippen molar-refractivity contribution in [3.63, 3.8) is 0 Å². The van der Waals surface area contributed by atoms with Crippen LogP contribution in [0.3, 0.4) is 0 Å². The molecule has 1 heterocycles. The van der Waals surface area contributed by atoms with Gasteiger partial charge in [0.25, 0.3) is 5.91 Å². The smallest absolute Gasteiger partial charge is 0.385 e. The number of benzene rings is 2. The number of hydrogen-bond donors (Lipinski definition) is 1. The zero-order valence-electron chi connectivity index (χ0n) is 17.5. The Morgan fingerprint density at radius 1 is 1.12 bits per heavy atom. The molecule has 0 aromatic heterocycles. The Labute approximate surface area is 183 Å². The van der Waals surface area contributed by atoms with Gasteiger partial charge in [0.05, 0.1) is 17.0 Å². The van der Waals surface area contributed by atoms with Gasteiger partial charge in [-0.2, -0.15) is 13.2 Å². The van der Waals surface area contributed by atoms with Gasteiger partial charge < -0.3 is 15.0 Å². The number of methoxy groups -OCH3 is 1. The number of nitrogens with zero attached hydrogens (tertiary/aromatic N) is 1. The molecule has 1 aliphatic heterocycles. The third kappa shape index (κ3) is 5.45. The highest BCUT2D eigenvalue weighted by molar-refractivity contribution is 5.95. The normalized spacial score (nSPS) is 18.6. The molecule has 5 nitrogen and oxygen atoms in total. The Kier molecular flexibility index (Phi) is 7.50. The minimum atomic E-state index is -4.53. The second-order valence-corrected chi connectivity index (χ2v) is 7.66. The van der Waals surface area contributed by atoms with Crippen molar-refractivity contribution in [1.82, 2.24) is 10.2 Å². The molecule has 0 radical (unpaired) electrons. The lowest BCUT2D eigenvalue weighted by Gasteiger charge is -2.19. The average molecular weight is 452 g/mol. The number of amides is 2. The van der Waals surface area contributed by atoms with Crippen LogP contribution in [0.5, 0.6) is 0 Å². The topological polar surface area (TPSA) is 58.6 Å². The van der Waals surface area contributed by atoms with Gasteiger partial charge in [0.1, 0.15) is 5.82 Å². The molecule has 0 unspecified atom stereocenters. The molecule has 0 bridgehead atoms. The van der Waals surface area contributed by atoms with Crippen molar-refractivity contribution >= 4 is 11.8 Å². The third-order valence-electron chi connectivity index (χ3n) is 5.51. The molecule has 0 aliphatic carbocycles. The molecule has 1 saturated heterocycles. The van der Waals surface area contributed by atoms with Crippen LogP contribution in [0, 0.1) is 11.7 Å². The van der Waals surface area contributed by atoms with E-state index in [1.54, 1.807) is 0 Å². The van der Waals surface area contributed by atoms with Crippen LogP contribution in [-0.2, 0) is 15.7 Å². The van der Waals surface area contributed by atoms with Gasteiger partial charge >= 0.3 is 6.18 Å². The molecule has 2 atom stereocenters. The number of hydrogen-bond acceptors (Lipinski definition) is 3. The van der Waals surface area contributed by atoms with E-state index in [9.17, 15) is 27.2 Å². The molecule has 0 saturated carbocycles. The Morgan fingerprint density at radius 2 is 1.88 bits per heavy atom. The van der Waals surface area contributed by atoms with Gasteiger partial charge in [-0.15, -0.1) is 0 Å². The number of rotatable bonds is 7. The summed E-state index contributed by atoms with van der Waals surface area (Å²) >= 11 is 0. The summed E-state index contributed by atoms with van der Waals surface area (Å²) in [5.41, 5.74) is -0.662. The number of likely N-dealkylation sites (tertiary alicyclic amines) is 1. The summed E-state index contributed by atoms with van der Waals surface area (Å²) in [6, 6.07) is 10.2. The van der Waals surface area contributed by atoms with Gasteiger partial charge in [0.2, 0.25) is 5.91 Å². The fourth-order valence-electron chi connectivity index (χ4n) is 3.88. The van der Waals surface area contributed by atoms with Crippen molar-refractivity contribution < 1.29 is 31.9 Å². The van der Waals surface area contributed by atoms with Crippen LogP contribution in [0.2, 0.25) is 0 Å². The molecule has 1 fully saturated rings. The van der Waals surface area contributed by atoms with Crippen molar-refractivity contribution in [2.45, 2.75) is 18.5 Å². The van der Waals surface area contributed by atoms with E-state index in [2.05, 4.69) is 5.32 Å². The molecule has 2 amide bonds. The lowest BCUT2D eigenvalue weighted by Crippen LogP contribution is -2.36. The first-order valence-electron chi connectivity index (χ1n) is 10.2. The summed E-state index contributed by atoms with van der Waals surface area (Å²) in [6.45, 7) is 0.758.